The van der Waals surface area contributed by atoms with Gasteiger partial charge in [0.1, 0.15) is 5.75 Å². The van der Waals surface area contributed by atoms with Crippen LogP contribution in [0.15, 0.2) is 16.7 Å². The summed E-state index contributed by atoms with van der Waals surface area (Å²) in [6.45, 7) is 0.585. The lowest BCUT2D eigenvalue weighted by molar-refractivity contribution is -0.796. The van der Waals surface area contributed by atoms with E-state index in [-0.39, 0.29) is 33.7 Å². The Morgan fingerprint density at radius 3 is 2.73 bits per heavy atom. The summed E-state index contributed by atoms with van der Waals surface area (Å²) in [7, 11) is -4.64. The molecule has 0 bridgehead atoms. The Hall–Kier alpha value is -2.09. The third-order valence-corrected chi connectivity index (χ3v) is 4.53. The number of halogens is 3. The molecule has 2 aromatic rings. The maximum absolute atomic E-state index is 12.6. The standard InChI is InChI=1S/C13H13F3N2O7S/c1-22-6-7-4-8-10(5-9(7)25-26(20,21)13(14,15)16)24-18(19)11(8)12-17-2-3-23-12/h4-5,12,17H,2-3,6H2,1H3/t12-/m1/s1. The van der Waals surface area contributed by atoms with Crippen molar-refractivity contribution in [1.82, 2.24) is 5.32 Å². The molecule has 0 radical (unpaired) electrons. The van der Waals surface area contributed by atoms with E-state index in [1.54, 1.807) is 0 Å². The van der Waals surface area contributed by atoms with Gasteiger partial charge in [-0.05, 0) is 6.07 Å². The lowest BCUT2D eigenvalue weighted by atomic mass is 10.1. The van der Waals surface area contributed by atoms with E-state index in [1.807, 2.05) is 0 Å². The first-order valence-corrected chi connectivity index (χ1v) is 8.59. The van der Waals surface area contributed by atoms with E-state index in [0.29, 0.717) is 13.2 Å². The number of methoxy groups -OCH3 is 1. The molecule has 0 aliphatic carbocycles. The second-order valence-corrected chi connectivity index (χ2v) is 6.85. The molecule has 3 rings (SSSR count). The molecule has 0 amide bonds. The zero-order chi connectivity index (χ0) is 19.1. The molecule has 26 heavy (non-hydrogen) atoms. The molecule has 2 heterocycles. The number of hydrogen-bond donors (Lipinski definition) is 1. The van der Waals surface area contributed by atoms with E-state index in [0.717, 1.165) is 6.07 Å². The number of aromatic nitrogens is 1. The maximum atomic E-state index is 12.6. The quantitative estimate of drug-likeness (QED) is 0.452. The van der Waals surface area contributed by atoms with Gasteiger partial charge in [0, 0.05) is 25.3 Å². The molecule has 9 nitrogen and oxygen atoms in total. The second kappa shape index (κ2) is 6.57. The topological polar surface area (TPSA) is 114 Å². The first kappa shape index (κ1) is 18.7. The molecule has 1 aliphatic rings. The summed E-state index contributed by atoms with van der Waals surface area (Å²) in [5.41, 5.74) is -5.74. The summed E-state index contributed by atoms with van der Waals surface area (Å²) in [5.74, 6) is -0.655. The van der Waals surface area contributed by atoms with Crippen molar-refractivity contribution in [3.8, 4) is 5.75 Å². The van der Waals surface area contributed by atoms with Gasteiger partial charge in [0.25, 0.3) is 5.69 Å². The van der Waals surface area contributed by atoms with Crippen molar-refractivity contribution in [2.45, 2.75) is 18.3 Å². The molecule has 1 aromatic heterocycles. The molecule has 0 spiro atoms. The number of ether oxygens (including phenoxy) is 2. The number of benzene rings is 1. The Morgan fingerprint density at radius 1 is 1.42 bits per heavy atom. The minimum atomic E-state index is -5.90. The van der Waals surface area contributed by atoms with Crippen molar-refractivity contribution < 1.29 is 44.7 Å². The molecule has 1 saturated heterocycles. The SMILES string of the molecule is COCc1cc2c([C@@H]3NCCO3)[n+]([O-])oc2cc1OS(=O)(=O)C(F)(F)F. The van der Waals surface area contributed by atoms with Crippen LogP contribution >= 0.6 is 0 Å². The van der Waals surface area contributed by atoms with Crippen LogP contribution in [0.2, 0.25) is 0 Å². The van der Waals surface area contributed by atoms with Gasteiger partial charge in [-0.1, -0.05) is 0 Å². The van der Waals surface area contributed by atoms with Crippen molar-refractivity contribution in [1.29, 1.82) is 0 Å². The van der Waals surface area contributed by atoms with Crippen molar-refractivity contribution in [2.24, 2.45) is 0 Å². The van der Waals surface area contributed by atoms with E-state index in [9.17, 15) is 26.8 Å². The van der Waals surface area contributed by atoms with Gasteiger partial charge in [-0.25, -0.2) is 0 Å². The first-order valence-electron chi connectivity index (χ1n) is 7.18. The normalized spacial score (nSPS) is 18.5. The van der Waals surface area contributed by atoms with E-state index in [4.69, 9.17) is 14.0 Å². The molecular weight excluding hydrogens is 385 g/mol. The summed E-state index contributed by atoms with van der Waals surface area (Å²) >= 11 is 0. The number of nitrogens with one attached hydrogen (secondary N) is 1. The van der Waals surface area contributed by atoms with Crippen LogP contribution in [-0.4, -0.2) is 34.2 Å². The van der Waals surface area contributed by atoms with Crippen LogP contribution in [0.25, 0.3) is 11.0 Å². The molecule has 1 fully saturated rings. The lowest BCUT2D eigenvalue weighted by Gasteiger charge is -2.13. The van der Waals surface area contributed by atoms with Gasteiger partial charge in [0.2, 0.25) is 6.23 Å². The largest absolute Gasteiger partial charge is 0.534 e. The molecule has 1 aliphatic heterocycles. The average Bonchev–Trinajstić information content (AvgIpc) is 3.13. The zero-order valence-electron chi connectivity index (χ0n) is 13.2. The van der Waals surface area contributed by atoms with Gasteiger partial charge in [-0.2, -0.15) is 21.6 Å². The summed E-state index contributed by atoms with van der Waals surface area (Å²) in [6.07, 6.45) is -0.769. The van der Waals surface area contributed by atoms with Crippen molar-refractivity contribution >= 4 is 21.1 Å². The maximum Gasteiger partial charge on any atom is 0.534 e. The van der Waals surface area contributed by atoms with Gasteiger partial charge in [-0.15, -0.1) is 0 Å². The number of fused-ring (bicyclic) bond motifs is 1. The third kappa shape index (κ3) is 3.30. The fourth-order valence-corrected chi connectivity index (χ4v) is 2.95. The van der Waals surface area contributed by atoms with Gasteiger partial charge in [-0.3, -0.25) is 10.5 Å². The van der Waals surface area contributed by atoms with Crippen LogP contribution < -0.4 is 14.4 Å². The Kier molecular flexibility index (Phi) is 4.72. The minimum absolute atomic E-state index is 0.0199. The Labute approximate surface area is 144 Å². The minimum Gasteiger partial charge on any atom is -0.380 e. The van der Waals surface area contributed by atoms with E-state index < -0.39 is 27.6 Å². The van der Waals surface area contributed by atoms with Gasteiger partial charge >= 0.3 is 15.6 Å². The molecule has 144 valence electrons. The highest BCUT2D eigenvalue weighted by Crippen LogP contribution is 2.34. The van der Waals surface area contributed by atoms with Gasteiger partial charge in [0.15, 0.2) is 0 Å². The van der Waals surface area contributed by atoms with Crippen molar-refractivity contribution in [3.05, 3.63) is 28.6 Å². The van der Waals surface area contributed by atoms with E-state index >= 15 is 0 Å². The number of hydrogen-bond acceptors (Lipinski definition) is 8. The Morgan fingerprint density at radius 2 is 2.15 bits per heavy atom. The highest BCUT2D eigenvalue weighted by Gasteiger charge is 2.49. The molecule has 13 heteroatoms. The first-order chi connectivity index (χ1) is 12.1. The van der Waals surface area contributed by atoms with Crippen molar-refractivity contribution in [3.63, 3.8) is 0 Å². The second-order valence-electron chi connectivity index (χ2n) is 5.31. The highest BCUT2D eigenvalue weighted by atomic mass is 32.2. The average molecular weight is 398 g/mol. The lowest BCUT2D eigenvalue weighted by Crippen LogP contribution is -2.33. The van der Waals surface area contributed by atoms with Crippen LogP contribution in [0.4, 0.5) is 13.2 Å². The predicted molar refractivity (Wildman–Crippen MR) is 78.2 cm³/mol. The Balaban J connectivity index is 2.11. The molecule has 1 N–H and O–H groups in total. The van der Waals surface area contributed by atoms with Crippen LogP contribution in [0.5, 0.6) is 5.75 Å². The van der Waals surface area contributed by atoms with Crippen LogP contribution in [0.1, 0.15) is 17.5 Å². The van der Waals surface area contributed by atoms with Crippen molar-refractivity contribution in [2.75, 3.05) is 20.3 Å². The summed E-state index contributed by atoms with van der Waals surface area (Å²) in [6, 6.07) is 2.15. The zero-order valence-corrected chi connectivity index (χ0v) is 14.0. The molecule has 0 saturated carbocycles. The molecular formula is C13H13F3N2O7S. The smallest absolute Gasteiger partial charge is 0.380 e. The number of nitrogens with zero attached hydrogens (tertiary/aromatic N) is 1. The number of alkyl halides is 3. The summed E-state index contributed by atoms with van der Waals surface area (Å²) in [4.78, 5) is 0.145. The van der Waals surface area contributed by atoms with Gasteiger partial charge < -0.3 is 18.2 Å². The monoisotopic (exact) mass is 398 g/mol. The summed E-state index contributed by atoms with van der Waals surface area (Å²) < 4.78 is 79.6. The predicted octanol–water partition coefficient (Wildman–Crippen LogP) is 1.06. The van der Waals surface area contributed by atoms with Gasteiger partial charge in [0.05, 0.1) is 29.1 Å². The van der Waals surface area contributed by atoms with E-state index in [2.05, 4.69) is 9.50 Å². The highest BCUT2D eigenvalue weighted by molar-refractivity contribution is 7.88. The van der Waals surface area contributed by atoms with Crippen LogP contribution in [0.3, 0.4) is 0 Å². The fraction of sp³-hybridized carbons (Fsp3) is 0.462. The Bertz CT molecular complexity index is 920. The third-order valence-electron chi connectivity index (χ3n) is 3.56. The molecule has 0 unspecified atom stereocenters. The van der Waals surface area contributed by atoms with E-state index in [1.165, 1.54) is 13.2 Å². The fourth-order valence-electron chi connectivity index (χ4n) is 2.47. The number of rotatable bonds is 5. The molecule has 1 atom stereocenters. The van der Waals surface area contributed by atoms with Crippen LogP contribution in [0, 0.1) is 5.21 Å². The summed E-state index contributed by atoms with van der Waals surface area (Å²) in [5, 5.41) is 15.1. The molecule has 1 aromatic carbocycles. The van der Waals surface area contributed by atoms with Crippen LogP contribution in [-0.2, 0) is 26.2 Å².